The van der Waals surface area contributed by atoms with Crippen molar-refractivity contribution in [2.75, 3.05) is 23.9 Å². The summed E-state index contributed by atoms with van der Waals surface area (Å²) in [5.74, 6) is -0.0642. The Balaban J connectivity index is 1.71. The molecule has 0 saturated heterocycles. The molecule has 3 rings (SSSR count). The molecule has 11 heteroatoms. The Morgan fingerprint density at radius 2 is 2.36 bits per heavy atom. The van der Waals surface area contributed by atoms with Crippen LogP contribution in [0.15, 0.2) is 28.0 Å². The third kappa shape index (κ3) is 3.71. The molecule has 9 nitrogen and oxygen atoms in total. The highest BCUT2D eigenvalue weighted by Gasteiger charge is 2.31. The minimum Gasteiger partial charge on any atom is -0.409 e. The number of benzene rings is 1. The van der Waals surface area contributed by atoms with Crippen molar-refractivity contribution in [3.05, 3.63) is 40.8 Å². The van der Waals surface area contributed by atoms with Crippen LogP contribution in [0, 0.1) is 10.6 Å². The average Bonchev–Trinajstić information content (AvgIpc) is 2.95. The Morgan fingerprint density at radius 3 is 3.04 bits per heavy atom. The van der Waals surface area contributed by atoms with Crippen LogP contribution < -0.4 is 10.6 Å². The van der Waals surface area contributed by atoms with E-state index < -0.39 is 9.73 Å². The third-order valence-electron chi connectivity index (χ3n) is 3.82. The molecule has 4 N–H and O–H groups in total. The van der Waals surface area contributed by atoms with Crippen molar-refractivity contribution in [2.45, 2.75) is 12.5 Å². The van der Waals surface area contributed by atoms with Crippen LogP contribution in [0.4, 0.5) is 10.2 Å². The van der Waals surface area contributed by atoms with Gasteiger partial charge in [-0.05, 0) is 28.4 Å². The second kappa shape index (κ2) is 6.67. The van der Waals surface area contributed by atoms with E-state index in [1.165, 1.54) is 12.3 Å². The van der Waals surface area contributed by atoms with Crippen molar-refractivity contribution < 1.29 is 18.4 Å². The van der Waals surface area contributed by atoms with E-state index in [2.05, 4.69) is 30.7 Å². The van der Waals surface area contributed by atoms with Gasteiger partial charge in [-0.2, -0.15) is 0 Å². The van der Waals surface area contributed by atoms with Crippen molar-refractivity contribution in [2.24, 2.45) is 5.16 Å². The first-order valence-corrected chi connectivity index (χ1v) is 9.56. The van der Waals surface area contributed by atoms with Gasteiger partial charge in [-0.15, -0.1) is 0 Å². The van der Waals surface area contributed by atoms with E-state index >= 15 is 0 Å². The monoisotopic (exact) mass is 368 g/mol. The second-order valence-electron chi connectivity index (χ2n) is 5.76. The number of amidine groups is 1. The first-order valence-electron chi connectivity index (χ1n) is 7.43. The summed E-state index contributed by atoms with van der Waals surface area (Å²) in [6.07, 6.45) is 1.91. The zero-order valence-electron chi connectivity index (χ0n) is 13.3. The van der Waals surface area contributed by atoms with Crippen LogP contribution >= 0.6 is 0 Å². The Labute approximate surface area is 143 Å². The lowest BCUT2D eigenvalue weighted by atomic mass is 9.83. The maximum absolute atomic E-state index is 13.9. The smallest absolute Gasteiger partial charge is 0.202 e. The predicted octanol–water partition coefficient (Wildman–Crippen LogP) is 1.32. The molecule has 2 aromatic rings. The van der Waals surface area contributed by atoms with E-state index in [9.17, 15) is 13.8 Å². The SMILES string of the molecule is CS(=N)(=O)CCNc1nonc1/C(=N\O)N[C@H]1Cc2cccc(F)c21. The van der Waals surface area contributed by atoms with Gasteiger partial charge in [0.05, 0.1) is 6.04 Å². The number of rotatable bonds is 6. The topological polar surface area (TPSA) is 136 Å². The molecule has 1 unspecified atom stereocenters. The standard InChI is InChI=1S/C14H17FN6O3S/c1-25(16,23)6-5-17-13-12(20-24-21-13)14(19-22)18-10-7-8-3-2-4-9(15)11(8)10/h2-4,10,16,22H,5-7H2,1H3,(H,17,21)(H,18,19)/t10-,25?/m0/s1. The summed E-state index contributed by atoms with van der Waals surface area (Å²) in [5, 5.41) is 25.5. The lowest BCUT2D eigenvalue weighted by Gasteiger charge is -2.31. The van der Waals surface area contributed by atoms with Gasteiger partial charge in [0.2, 0.25) is 5.82 Å². The molecule has 0 amide bonds. The van der Waals surface area contributed by atoms with Crippen LogP contribution in [0.2, 0.25) is 0 Å². The van der Waals surface area contributed by atoms with Crippen LogP contribution in [0.25, 0.3) is 0 Å². The normalized spacial score (nSPS) is 18.8. The van der Waals surface area contributed by atoms with Crippen molar-refractivity contribution in [1.29, 1.82) is 4.78 Å². The Kier molecular flexibility index (Phi) is 4.57. The van der Waals surface area contributed by atoms with Gasteiger partial charge in [-0.3, -0.25) is 8.99 Å². The number of hydrogen-bond acceptors (Lipinski definition) is 8. The summed E-state index contributed by atoms with van der Waals surface area (Å²) in [5.41, 5.74) is 1.52. The Bertz CT molecular complexity index is 897. The van der Waals surface area contributed by atoms with Crippen LogP contribution in [0.5, 0.6) is 0 Å². The summed E-state index contributed by atoms with van der Waals surface area (Å²) >= 11 is 0. The van der Waals surface area contributed by atoms with Crippen molar-refractivity contribution in [3.8, 4) is 0 Å². The highest BCUT2D eigenvalue weighted by atomic mass is 32.2. The second-order valence-corrected chi connectivity index (χ2v) is 8.18. The van der Waals surface area contributed by atoms with Gasteiger partial charge in [0.15, 0.2) is 11.5 Å². The molecule has 134 valence electrons. The predicted molar refractivity (Wildman–Crippen MR) is 88.7 cm³/mol. The van der Waals surface area contributed by atoms with Gasteiger partial charge in [0, 0.05) is 33.8 Å². The van der Waals surface area contributed by atoms with E-state index in [4.69, 9.17) is 4.78 Å². The molecule has 1 aromatic heterocycles. The van der Waals surface area contributed by atoms with Crippen LogP contribution in [-0.2, 0) is 16.1 Å². The number of fused-ring (bicyclic) bond motifs is 1. The fraction of sp³-hybridized carbons (Fsp3) is 0.357. The first-order chi connectivity index (χ1) is 11.9. The lowest BCUT2D eigenvalue weighted by Crippen LogP contribution is -2.37. The molecule has 1 aromatic carbocycles. The average molecular weight is 368 g/mol. The zero-order valence-corrected chi connectivity index (χ0v) is 14.1. The van der Waals surface area contributed by atoms with Crippen molar-refractivity contribution in [3.63, 3.8) is 0 Å². The molecule has 0 fully saturated rings. The van der Waals surface area contributed by atoms with Gasteiger partial charge in [0.25, 0.3) is 0 Å². The van der Waals surface area contributed by atoms with E-state index in [0.717, 1.165) is 5.56 Å². The molecular formula is C14H17FN6O3S. The number of nitrogens with one attached hydrogen (secondary N) is 3. The molecule has 0 bridgehead atoms. The fourth-order valence-electron chi connectivity index (χ4n) is 2.60. The molecule has 0 radical (unpaired) electrons. The maximum Gasteiger partial charge on any atom is 0.202 e. The van der Waals surface area contributed by atoms with E-state index in [0.29, 0.717) is 12.0 Å². The summed E-state index contributed by atoms with van der Waals surface area (Å²) in [4.78, 5) is 0. The van der Waals surface area contributed by atoms with E-state index in [1.807, 2.05) is 6.07 Å². The van der Waals surface area contributed by atoms with Crippen molar-refractivity contribution >= 4 is 21.4 Å². The number of aromatic nitrogens is 2. The number of oxime groups is 1. The number of halogens is 1. The number of nitrogens with zero attached hydrogens (tertiary/aromatic N) is 3. The first kappa shape index (κ1) is 17.1. The summed E-state index contributed by atoms with van der Waals surface area (Å²) in [6.45, 7) is 0.208. The van der Waals surface area contributed by atoms with Crippen molar-refractivity contribution in [1.82, 2.24) is 15.6 Å². The van der Waals surface area contributed by atoms with Crippen LogP contribution in [0.3, 0.4) is 0 Å². The minimum atomic E-state index is -2.65. The molecule has 2 atom stereocenters. The van der Waals surface area contributed by atoms with E-state index in [-0.39, 0.29) is 41.5 Å². The van der Waals surface area contributed by atoms with E-state index in [1.54, 1.807) is 6.07 Å². The largest absolute Gasteiger partial charge is 0.409 e. The quantitative estimate of drug-likeness (QED) is 0.261. The highest BCUT2D eigenvalue weighted by Crippen LogP contribution is 2.35. The summed E-state index contributed by atoms with van der Waals surface area (Å²) < 4.78 is 37.3. The highest BCUT2D eigenvalue weighted by molar-refractivity contribution is 7.91. The number of anilines is 1. The van der Waals surface area contributed by atoms with Gasteiger partial charge >= 0.3 is 0 Å². The summed E-state index contributed by atoms with van der Waals surface area (Å²) in [6, 6.07) is 4.50. The molecule has 0 spiro atoms. The van der Waals surface area contributed by atoms with Gasteiger partial charge in [-0.1, -0.05) is 17.3 Å². The Morgan fingerprint density at radius 1 is 1.56 bits per heavy atom. The number of hydrogen-bond donors (Lipinski definition) is 4. The van der Waals surface area contributed by atoms with Crippen LogP contribution in [-0.4, -0.2) is 44.1 Å². The molecule has 0 aliphatic heterocycles. The summed E-state index contributed by atoms with van der Waals surface area (Å²) in [7, 11) is -2.65. The van der Waals surface area contributed by atoms with Gasteiger partial charge in [0.1, 0.15) is 5.82 Å². The van der Waals surface area contributed by atoms with Gasteiger partial charge < -0.3 is 15.8 Å². The minimum absolute atomic E-state index is 0.0224. The molecule has 1 heterocycles. The fourth-order valence-corrected chi connectivity index (χ4v) is 3.09. The maximum atomic E-state index is 13.9. The van der Waals surface area contributed by atoms with Gasteiger partial charge in [-0.25, -0.2) is 9.02 Å². The molecule has 1 aliphatic carbocycles. The molecule has 1 aliphatic rings. The molecular weight excluding hydrogens is 351 g/mol. The lowest BCUT2D eigenvalue weighted by molar-refractivity contribution is 0.303. The molecule has 25 heavy (non-hydrogen) atoms. The third-order valence-corrected chi connectivity index (χ3v) is 4.81. The Hall–Kier alpha value is -2.69. The zero-order chi connectivity index (χ0) is 18.0. The molecule has 0 saturated carbocycles. The van der Waals surface area contributed by atoms with Crippen LogP contribution in [0.1, 0.15) is 22.9 Å².